The zero-order valence-electron chi connectivity index (χ0n) is 17.4. The first-order chi connectivity index (χ1) is 14.1. The van der Waals surface area contributed by atoms with Crippen molar-refractivity contribution in [3.8, 4) is 11.5 Å². The van der Waals surface area contributed by atoms with Gasteiger partial charge in [0.1, 0.15) is 28.7 Å². The van der Waals surface area contributed by atoms with Crippen LogP contribution in [0.3, 0.4) is 0 Å². The normalized spacial score (nSPS) is 12.4. The van der Waals surface area contributed by atoms with Gasteiger partial charge in [0.05, 0.1) is 12.5 Å². The van der Waals surface area contributed by atoms with Gasteiger partial charge in [-0.05, 0) is 58.0 Å². The van der Waals surface area contributed by atoms with E-state index >= 15 is 0 Å². The molecule has 0 saturated heterocycles. The predicted molar refractivity (Wildman–Crippen MR) is 111 cm³/mol. The molecule has 1 atom stereocenters. The van der Waals surface area contributed by atoms with E-state index in [-0.39, 0.29) is 11.3 Å². The molecule has 2 aromatic carbocycles. The SMILES string of the molecule is COc1ccc2c(c1)c(=O)oc1cc(OC(=O)[C@H](C)NC(=O)OC(C)(C)C)ccc12. The predicted octanol–water partition coefficient (Wildman–Crippen LogP) is 3.77. The van der Waals surface area contributed by atoms with Gasteiger partial charge in [0.25, 0.3) is 0 Å². The van der Waals surface area contributed by atoms with E-state index in [1.807, 2.05) is 0 Å². The Labute approximate surface area is 172 Å². The minimum absolute atomic E-state index is 0.182. The summed E-state index contributed by atoms with van der Waals surface area (Å²) >= 11 is 0. The molecule has 0 fully saturated rings. The summed E-state index contributed by atoms with van der Waals surface area (Å²) in [6.45, 7) is 6.64. The molecule has 1 amide bonds. The number of nitrogens with one attached hydrogen (secondary N) is 1. The Kier molecular flexibility index (Phi) is 5.69. The number of fused-ring (bicyclic) bond motifs is 3. The lowest BCUT2D eigenvalue weighted by Crippen LogP contribution is -2.43. The maximum Gasteiger partial charge on any atom is 0.408 e. The van der Waals surface area contributed by atoms with E-state index in [2.05, 4.69) is 5.32 Å². The van der Waals surface area contributed by atoms with Crippen molar-refractivity contribution in [3.63, 3.8) is 0 Å². The Hall–Kier alpha value is -3.55. The number of esters is 1. The quantitative estimate of drug-likeness (QED) is 0.300. The van der Waals surface area contributed by atoms with Crippen LogP contribution in [0.5, 0.6) is 11.5 Å². The molecule has 1 aromatic heterocycles. The van der Waals surface area contributed by atoms with Crippen molar-refractivity contribution in [1.29, 1.82) is 0 Å². The van der Waals surface area contributed by atoms with Gasteiger partial charge in [-0.3, -0.25) is 0 Å². The molecule has 8 heteroatoms. The summed E-state index contributed by atoms with van der Waals surface area (Å²) in [5.41, 5.74) is -0.938. The molecule has 158 valence electrons. The molecule has 0 bridgehead atoms. The second kappa shape index (κ2) is 8.06. The van der Waals surface area contributed by atoms with Gasteiger partial charge in [-0.1, -0.05) is 0 Å². The minimum Gasteiger partial charge on any atom is -0.497 e. The first-order valence-electron chi connectivity index (χ1n) is 9.33. The number of ether oxygens (including phenoxy) is 3. The molecular formula is C22H23NO7. The number of benzene rings is 2. The van der Waals surface area contributed by atoms with Crippen LogP contribution in [0.25, 0.3) is 21.7 Å². The minimum atomic E-state index is -0.938. The van der Waals surface area contributed by atoms with Crippen molar-refractivity contribution in [3.05, 3.63) is 46.8 Å². The second-order valence-electron chi connectivity index (χ2n) is 7.75. The number of rotatable bonds is 4. The Morgan fingerprint density at radius 1 is 1.00 bits per heavy atom. The molecule has 30 heavy (non-hydrogen) atoms. The van der Waals surface area contributed by atoms with E-state index in [0.29, 0.717) is 21.9 Å². The number of carbonyl (C=O) groups is 2. The summed E-state index contributed by atoms with van der Waals surface area (Å²) < 4.78 is 21.0. The van der Waals surface area contributed by atoms with E-state index in [0.717, 1.165) is 0 Å². The van der Waals surface area contributed by atoms with Crippen molar-refractivity contribution in [1.82, 2.24) is 5.32 Å². The number of hydrogen-bond donors (Lipinski definition) is 1. The molecule has 8 nitrogen and oxygen atoms in total. The molecule has 0 radical (unpaired) electrons. The van der Waals surface area contributed by atoms with Crippen LogP contribution in [0.15, 0.2) is 45.6 Å². The molecule has 0 saturated carbocycles. The Bertz CT molecular complexity index is 1170. The average Bonchev–Trinajstić information content (AvgIpc) is 2.66. The summed E-state index contributed by atoms with van der Waals surface area (Å²) in [5, 5.41) is 4.19. The summed E-state index contributed by atoms with van der Waals surface area (Å²) in [5.74, 6) is 0.0422. The lowest BCUT2D eigenvalue weighted by molar-refractivity contribution is -0.136. The summed E-state index contributed by atoms with van der Waals surface area (Å²) in [6.07, 6.45) is -0.724. The van der Waals surface area contributed by atoms with Gasteiger partial charge in [0.2, 0.25) is 0 Å². The smallest absolute Gasteiger partial charge is 0.408 e. The first-order valence-corrected chi connectivity index (χ1v) is 9.33. The highest BCUT2D eigenvalue weighted by molar-refractivity contribution is 6.05. The third kappa shape index (κ3) is 4.71. The lowest BCUT2D eigenvalue weighted by Gasteiger charge is -2.21. The van der Waals surface area contributed by atoms with Crippen LogP contribution < -0.4 is 20.4 Å². The fourth-order valence-electron chi connectivity index (χ4n) is 2.83. The molecule has 1 heterocycles. The van der Waals surface area contributed by atoms with Crippen molar-refractivity contribution in [2.45, 2.75) is 39.3 Å². The zero-order valence-corrected chi connectivity index (χ0v) is 17.4. The van der Waals surface area contributed by atoms with E-state index in [1.54, 1.807) is 51.1 Å². The van der Waals surface area contributed by atoms with Crippen LogP contribution in [0.1, 0.15) is 27.7 Å². The van der Waals surface area contributed by atoms with Crippen LogP contribution in [0, 0.1) is 0 Å². The standard InChI is InChI=1S/C22H23NO7/c1-12(23-21(26)30-22(2,3)4)19(24)28-14-7-9-16-15-8-6-13(27-5)10-17(15)20(25)29-18(16)11-14/h6-12H,1-5H3,(H,23,26)/t12-/m0/s1. The van der Waals surface area contributed by atoms with Crippen molar-refractivity contribution in [2.24, 2.45) is 0 Å². The summed E-state index contributed by atoms with van der Waals surface area (Å²) in [4.78, 5) is 36.5. The molecule has 1 N–H and O–H groups in total. The third-order valence-electron chi connectivity index (χ3n) is 4.20. The monoisotopic (exact) mass is 413 g/mol. The first kappa shape index (κ1) is 21.2. The van der Waals surface area contributed by atoms with Crippen LogP contribution in [0.2, 0.25) is 0 Å². The van der Waals surface area contributed by atoms with Crippen molar-refractivity contribution in [2.75, 3.05) is 7.11 Å². The Morgan fingerprint density at radius 2 is 1.67 bits per heavy atom. The highest BCUT2D eigenvalue weighted by atomic mass is 16.6. The van der Waals surface area contributed by atoms with Crippen LogP contribution >= 0.6 is 0 Å². The number of amides is 1. The molecule has 0 unspecified atom stereocenters. The van der Waals surface area contributed by atoms with E-state index in [9.17, 15) is 14.4 Å². The number of carbonyl (C=O) groups excluding carboxylic acids is 2. The fraction of sp³-hybridized carbons (Fsp3) is 0.318. The fourth-order valence-corrected chi connectivity index (χ4v) is 2.83. The topological polar surface area (TPSA) is 104 Å². The van der Waals surface area contributed by atoms with Gasteiger partial charge < -0.3 is 23.9 Å². The maximum absolute atomic E-state index is 12.3. The van der Waals surface area contributed by atoms with E-state index < -0.39 is 29.3 Å². The van der Waals surface area contributed by atoms with Gasteiger partial charge in [0.15, 0.2) is 0 Å². The maximum atomic E-state index is 12.3. The molecule has 3 aromatic rings. The third-order valence-corrected chi connectivity index (χ3v) is 4.20. The molecule has 3 rings (SSSR count). The van der Waals surface area contributed by atoms with Crippen LogP contribution in [0.4, 0.5) is 4.79 Å². The van der Waals surface area contributed by atoms with Crippen LogP contribution in [-0.2, 0) is 9.53 Å². The highest BCUT2D eigenvalue weighted by Gasteiger charge is 2.22. The molecule has 0 aliphatic carbocycles. The van der Waals surface area contributed by atoms with Gasteiger partial charge in [-0.2, -0.15) is 0 Å². The van der Waals surface area contributed by atoms with Crippen molar-refractivity contribution >= 4 is 33.8 Å². The molecular weight excluding hydrogens is 390 g/mol. The highest BCUT2D eigenvalue weighted by Crippen LogP contribution is 2.28. The zero-order chi connectivity index (χ0) is 22.1. The number of hydrogen-bond acceptors (Lipinski definition) is 7. The summed E-state index contributed by atoms with van der Waals surface area (Å²) in [6, 6.07) is 8.93. The van der Waals surface area contributed by atoms with Crippen molar-refractivity contribution < 1.29 is 28.2 Å². The second-order valence-corrected chi connectivity index (χ2v) is 7.75. The van der Waals surface area contributed by atoms with E-state index in [4.69, 9.17) is 18.6 Å². The molecule has 0 spiro atoms. The molecule has 0 aliphatic rings. The van der Waals surface area contributed by atoms with Gasteiger partial charge >= 0.3 is 17.7 Å². The number of alkyl carbamates (subject to hydrolysis) is 1. The lowest BCUT2D eigenvalue weighted by atomic mass is 10.1. The Morgan fingerprint density at radius 3 is 2.33 bits per heavy atom. The largest absolute Gasteiger partial charge is 0.497 e. The van der Waals surface area contributed by atoms with E-state index in [1.165, 1.54) is 20.1 Å². The van der Waals surface area contributed by atoms with Crippen LogP contribution in [-0.4, -0.2) is 30.8 Å². The van der Waals surface area contributed by atoms with Gasteiger partial charge in [0, 0.05) is 16.8 Å². The summed E-state index contributed by atoms with van der Waals surface area (Å²) in [7, 11) is 1.52. The molecule has 0 aliphatic heterocycles. The number of methoxy groups -OCH3 is 1. The Balaban J connectivity index is 1.82. The van der Waals surface area contributed by atoms with Gasteiger partial charge in [-0.15, -0.1) is 0 Å². The average molecular weight is 413 g/mol. The van der Waals surface area contributed by atoms with Gasteiger partial charge in [-0.25, -0.2) is 14.4 Å².